The number of hydrogen-bond acceptors (Lipinski definition) is 3. The smallest absolute Gasteiger partial charge is 0.264 e. The Balaban J connectivity index is 1.86. The molecule has 28 heavy (non-hydrogen) atoms. The molecule has 3 aromatic heterocycles. The van der Waals surface area contributed by atoms with Crippen molar-refractivity contribution in [2.75, 3.05) is 0 Å². The van der Waals surface area contributed by atoms with Gasteiger partial charge in [-0.25, -0.2) is 14.3 Å². The molecule has 0 atom stereocenters. The predicted octanol–water partition coefficient (Wildman–Crippen LogP) is 4.54. The van der Waals surface area contributed by atoms with E-state index in [0.717, 1.165) is 43.4 Å². The minimum atomic E-state index is -0.242. The van der Waals surface area contributed by atoms with E-state index in [1.165, 1.54) is 0 Å². The Bertz CT molecular complexity index is 1590. The molecule has 0 unspecified atom stereocenters. The molecule has 0 saturated heterocycles. The molecule has 0 aliphatic carbocycles. The lowest BCUT2D eigenvalue weighted by Gasteiger charge is -2.12. The summed E-state index contributed by atoms with van der Waals surface area (Å²) < 4.78 is 1.59. The number of H-pyrrole nitrogens is 1. The Labute approximate surface area is 158 Å². The Morgan fingerprint density at radius 3 is 2.43 bits per heavy atom. The number of rotatable bonds is 1. The normalized spacial score (nSPS) is 11.7. The second-order valence-electron chi connectivity index (χ2n) is 6.91. The first-order valence-electron chi connectivity index (χ1n) is 9.05. The lowest BCUT2D eigenvalue weighted by molar-refractivity contribution is 1.02. The maximum Gasteiger partial charge on any atom is 0.347 e. The SMILES string of the molecule is O=c1[nH]nc2c3cc4ccccc4cc3c(-c3cccc4cnccc34)cn12. The van der Waals surface area contributed by atoms with Gasteiger partial charge in [0.15, 0.2) is 5.65 Å². The molecule has 0 bridgehead atoms. The molecule has 1 N–H and O–H groups in total. The molecule has 5 nitrogen and oxygen atoms in total. The predicted molar refractivity (Wildman–Crippen MR) is 112 cm³/mol. The van der Waals surface area contributed by atoms with Crippen LogP contribution in [0.25, 0.3) is 49.1 Å². The molecule has 3 heterocycles. The van der Waals surface area contributed by atoms with Gasteiger partial charge in [-0.1, -0.05) is 42.5 Å². The van der Waals surface area contributed by atoms with Crippen molar-refractivity contribution in [1.82, 2.24) is 19.6 Å². The van der Waals surface area contributed by atoms with Gasteiger partial charge in [0.1, 0.15) is 0 Å². The molecule has 0 spiro atoms. The molecule has 0 radical (unpaired) electrons. The van der Waals surface area contributed by atoms with Gasteiger partial charge in [0.05, 0.1) is 0 Å². The number of benzene rings is 3. The summed E-state index contributed by atoms with van der Waals surface area (Å²) in [5, 5.41) is 13.3. The van der Waals surface area contributed by atoms with Gasteiger partial charge in [-0.15, -0.1) is 0 Å². The zero-order valence-electron chi connectivity index (χ0n) is 14.8. The first kappa shape index (κ1) is 15.1. The molecule has 5 heteroatoms. The van der Waals surface area contributed by atoms with Gasteiger partial charge in [0.2, 0.25) is 0 Å². The molecule has 0 aliphatic rings. The highest BCUT2D eigenvalue weighted by molar-refractivity contribution is 6.12. The van der Waals surface area contributed by atoms with Crippen LogP contribution in [-0.2, 0) is 0 Å². The molecular weight excluding hydrogens is 348 g/mol. The van der Waals surface area contributed by atoms with Gasteiger partial charge in [-0.2, -0.15) is 5.10 Å². The molecule has 0 amide bonds. The first-order chi connectivity index (χ1) is 13.8. The third kappa shape index (κ3) is 2.04. The van der Waals surface area contributed by atoms with Gasteiger partial charge < -0.3 is 0 Å². The van der Waals surface area contributed by atoms with Crippen molar-refractivity contribution in [3.8, 4) is 11.1 Å². The van der Waals surface area contributed by atoms with Crippen LogP contribution in [0, 0.1) is 0 Å². The average molecular weight is 362 g/mol. The fourth-order valence-electron chi connectivity index (χ4n) is 4.03. The molecule has 6 rings (SSSR count). The Morgan fingerprint density at radius 2 is 1.57 bits per heavy atom. The third-order valence-corrected chi connectivity index (χ3v) is 5.35. The van der Waals surface area contributed by atoms with Crippen LogP contribution >= 0.6 is 0 Å². The standard InChI is InChI=1S/C23H14N4O/c28-23-26-25-22-20-11-15-5-2-1-4-14(15)10-19(20)21(13-27(22)23)18-7-3-6-16-12-24-9-8-17(16)18/h1-13H,(H,26,28). The quantitative estimate of drug-likeness (QED) is 0.437. The fraction of sp³-hybridized carbons (Fsp3) is 0. The molecule has 3 aromatic carbocycles. The van der Waals surface area contributed by atoms with Gasteiger partial charge >= 0.3 is 5.69 Å². The van der Waals surface area contributed by atoms with E-state index in [9.17, 15) is 4.79 Å². The highest BCUT2D eigenvalue weighted by Crippen LogP contribution is 2.36. The zero-order valence-corrected chi connectivity index (χ0v) is 14.8. The fourth-order valence-corrected chi connectivity index (χ4v) is 4.03. The lowest BCUT2D eigenvalue weighted by atomic mass is 9.94. The Hall–Kier alpha value is -3.99. The number of hydrogen-bond donors (Lipinski definition) is 1. The average Bonchev–Trinajstić information content (AvgIpc) is 3.12. The second-order valence-corrected chi connectivity index (χ2v) is 6.91. The van der Waals surface area contributed by atoms with E-state index in [1.807, 2.05) is 42.7 Å². The number of aromatic amines is 1. The topological polar surface area (TPSA) is 63.0 Å². The van der Waals surface area contributed by atoms with E-state index in [1.54, 1.807) is 10.6 Å². The third-order valence-electron chi connectivity index (χ3n) is 5.35. The Kier molecular flexibility index (Phi) is 2.97. The van der Waals surface area contributed by atoms with Crippen molar-refractivity contribution in [2.45, 2.75) is 0 Å². The van der Waals surface area contributed by atoms with Crippen LogP contribution in [-0.4, -0.2) is 19.6 Å². The second kappa shape index (κ2) is 5.50. The highest BCUT2D eigenvalue weighted by atomic mass is 16.1. The summed E-state index contributed by atoms with van der Waals surface area (Å²) in [4.78, 5) is 16.6. The van der Waals surface area contributed by atoms with E-state index in [2.05, 4.69) is 45.5 Å². The number of pyridine rings is 2. The summed E-state index contributed by atoms with van der Waals surface area (Å²) >= 11 is 0. The van der Waals surface area contributed by atoms with Gasteiger partial charge in [-0.05, 0) is 45.3 Å². The van der Waals surface area contributed by atoms with Crippen molar-refractivity contribution in [1.29, 1.82) is 0 Å². The summed E-state index contributed by atoms with van der Waals surface area (Å²) in [5.74, 6) is 0. The van der Waals surface area contributed by atoms with Crippen molar-refractivity contribution >= 4 is 38.0 Å². The maximum atomic E-state index is 12.4. The van der Waals surface area contributed by atoms with Gasteiger partial charge in [-0.3, -0.25) is 4.98 Å². The summed E-state index contributed by atoms with van der Waals surface area (Å²) in [6.07, 6.45) is 5.54. The van der Waals surface area contributed by atoms with Crippen LogP contribution in [0.5, 0.6) is 0 Å². The summed E-state index contributed by atoms with van der Waals surface area (Å²) in [6, 6.07) is 20.7. The molecular formula is C23H14N4O. The maximum absolute atomic E-state index is 12.4. The van der Waals surface area contributed by atoms with E-state index < -0.39 is 0 Å². The molecule has 0 fully saturated rings. The summed E-state index contributed by atoms with van der Waals surface area (Å²) in [5.41, 5.74) is 2.45. The van der Waals surface area contributed by atoms with Gasteiger partial charge in [0, 0.05) is 34.9 Å². The van der Waals surface area contributed by atoms with Crippen LogP contribution in [0.15, 0.2) is 84.0 Å². The largest absolute Gasteiger partial charge is 0.347 e. The highest BCUT2D eigenvalue weighted by Gasteiger charge is 2.14. The Morgan fingerprint density at radius 1 is 0.786 bits per heavy atom. The minimum absolute atomic E-state index is 0.242. The number of nitrogens with one attached hydrogen (secondary N) is 1. The van der Waals surface area contributed by atoms with Crippen LogP contribution in [0.3, 0.4) is 0 Å². The van der Waals surface area contributed by atoms with Crippen LogP contribution in [0.4, 0.5) is 0 Å². The summed E-state index contributed by atoms with van der Waals surface area (Å²) in [6.45, 7) is 0. The van der Waals surface area contributed by atoms with Crippen molar-refractivity contribution in [3.63, 3.8) is 0 Å². The monoisotopic (exact) mass is 362 g/mol. The molecule has 132 valence electrons. The number of nitrogens with zero attached hydrogens (tertiary/aromatic N) is 3. The van der Waals surface area contributed by atoms with Crippen molar-refractivity contribution in [3.05, 3.63) is 89.7 Å². The zero-order chi connectivity index (χ0) is 18.7. The number of fused-ring (bicyclic) bond motifs is 5. The first-order valence-corrected chi connectivity index (χ1v) is 9.05. The lowest BCUT2D eigenvalue weighted by Crippen LogP contribution is -2.09. The van der Waals surface area contributed by atoms with E-state index in [-0.39, 0.29) is 5.69 Å². The van der Waals surface area contributed by atoms with Crippen LogP contribution < -0.4 is 5.69 Å². The minimum Gasteiger partial charge on any atom is -0.264 e. The molecule has 6 aromatic rings. The van der Waals surface area contributed by atoms with Crippen molar-refractivity contribution in [2.24, 2.45) is 0 Å². The molecule has 0 saturated carbocycles. The van der Waals surface area contributed by atoms with Crippen molar-refractivity contribution < 1.29 is 0 Å². The summed E-state index contributed by atoms with van der Waals surface area (Å²) in [7, 11) is 0. The van der Waals surface area contributed by atoms with Gasteiger partial charge in [0.25, 0.3) is 0 Å². The van der Waals surface area contributed by atoms with E-state index in [0.29, 0.717) is 5.65 Å². The van der Waals surface area contributed by atoms with E-state index >= 15 is 0 Å². The van der Waals surface area contributed by atoms with E-state index in [4.69, 9.17) is 0 Å². The molecule has 0 aliphatic heterocycles. The van der Waals surface area contributed by atoms with Crippen LogP contribution in [0.1, 0.15) is 0 Å². The van der Waals surface area contributed by atoms with Crippen LogP contribution in [0.2, 0.25) is 0 Å². The number of aromatic nitrogens is 4.